The quantitative estimate of drug-likeness (QED) is 0.801. The largest absolute Gasteiger partial charge is 0.496 e. The number of rotatable bonds is 5. The summed E-state index contributed by atoms with van der Waals surface area (Å²) in [6.45, 7) is 8.28. The van der Waals surface area contributed by atoms with E-state index in [2.05, 4.69) is 25.2 Å². The summed E-state index contributed by atoms with van der Waals surface area (Å²) in [5.74, 6) is 1.10. The van der Waals surface area contributed by atoms with Gasteiger partial charge in [0.1, 0.15) is 5.75 Å². The fourth-order valence-corrected chi connectivity index (χ4v) is 2.99. The number of carbonyl (C=O) groups excluding carboxylic acids is 1. The number of aryl methyl sites for hydroxylation is 1. The Labute approximate surface area is 149 Å². The Morgan fingerprint density at radius 1 is 1.12 bits per heavy atom. The van der Waals surface area contributed by atoms with E-state index in [9.17, 15) is 4.79 Å². The van der Waals surface area contributed by atoms with Crippen molar-refractivity contribution in [2.24, 2.45) is 0 Å². The van der Waals surface area contributed by atoms with Gasteiger partial charge in [0, 0.05) is 10.6 Å². The van der Waals surface area contributed by atoms with Gasteiger partial charge in [0.15, 0.2) is 0 Å². The summed E-state index contributed by atoms with van der Waals surface area (Å²) in [7, 11) is 1.69. The predicted octanol–water partition coefficient (Wildman–Crippen LogP) is 5.27. The second-order valence-electron chi connectivity index (χ2n) is 6.31. The normalized spacial score (nSPS) is 12.1. The van der Waals surface area contributed by atoms with Crippen LogP contribution in [0.2, 0.25) is 5.02 Å². The fraction of sp³-hybridized carbons (Fsp3) is 0.350. The highest BCUT2D eigenvalue weighted by molar-refractivity contribution is 6.30. The summed E-state index contributed by atoms with van der Waals surface area (Å²) < 4.78 is 5.48. The number of nitrogens with one attached hydrogen (secondary N) is 1. The highest BCUT2D eigenvalue weighted by Gasteiger charge is 2.17. The molecular formula is C20H24ClNO2. The van der Waals surface area contributed by atoms with Crippen LogP contribution in [0.1, 0.15) is 59.8 Å². The highest BCUT2D eigenvalue weighted by atomic mass is 35.5. The minimum Gasteiger partial charge on any atom is -0.496 e. The van der Waals surface area contributed by atoms with E-state index in [4.69, 9.17) is 16.3 Å². The lowest BCUT2D eigenvalue weighted by atomic mass is 9.93. The van der Waals surface area contributed by atoms with E-state index >= 15 is 0 Å². The van der Waals surface area contributed by atoms with Crippen molar-refractivity contribution in [1.82, 2.24) is 5.32 Å². The SMILES string of the molecule is COc1cc(C)c([C@H](C)NC(=O)c2cccc(Cl)c2)cc1C(C)C. The molecule has 1 amide bonds. The molecular weight excluding hydrogens is 322 g/mol. The van der Waals surface area contributed by atoms with E-state index < -0.39 is 0 Å². The van der Waals surface area contributed by atoms with Gasteiger partial charge in [0.25, 0.3) is 5.91 Å². The number of hydrogen-bond donors (Lipinski definition) is 1. The molecule has 2 aromatic rings. The van der Waals surface area contributed by atoms with Crippen LogP contribution in [0, 0.1) is 6.92 Å². The minimum atomic E-state index is -0.133. The molecule has 0 fully saturated rings. The Bertz CT molecular complexity index is 740. The third-order valence-electron chi connectivity index (χ3n) is 4.14. The van der Waals surface area contributed by atoms with Gasteiger partial charge < -0.3 is 10.1 Å². The summed E-state index contributed by atoms with van der Waals surface area (Å²) in [5, 5.41) is 3.60. The van der Waals surface area contributed by atoms with Crippen LogP contribution in [0.15, 0.2) is 36.4 Å². The second kappa shape index (κ2) is 7.71. The third-order valence-corrected chi connectivity index (χ3v) is 4.38. The number of carbonyl (C=O) groups is 1. The molecule has 0 spiro atoms. The highest BCUT2D eigenvalue weighted by Crippen LogP contribution is 2.32. The Hall–Kier alpha value is -2.00. The third kappa shape index (κ3) is 4.09. The molecule has 3 nitrogen and oxygen atoms in total. The van der Waals surface area contributed by atoms with Gasteiger partial charge in [-0.25, -0.2) is 0 Å². The van der Waals surface area contributed by atoms with E-state index in [0.29, 0.717) is 16.5 Å². The average molecular weight is 346 g/mol. The number of amides is 1. The van der Waals surface area contributed by atoms with Crippen LogP contribution in [0.5, 0.6) is 5.75 Å². The number of ether oxygens (including phenoxy) is 1. The van der Waals surface area contributed by atoms with Crippen molar-refractivity contribution in [2.75, 3.05) is 7.11 Å². The fourth-order valence-electron chi connectivity index (χ4n) is 2.80. The van der Waals surface area contributed by atoms with E-state index in [0.717, 1.165) is 22.4 Å². The predicted molar refractivity (Wildman–Crippen MR) is 99.2 cm³/mol. The van der Waals surface area contributed by atoms with Crippen LogP contribution < -0.4 is 10.1 Å². The van der Waals surface area contributed by atoms with Crippen molar-refractivity contribution < 1.29 is 9.53 Å². The molecule has 0 aliphatic heterocycles. The van der Waals surface area contributed by atoms with Gasteiger partial charge in [-0.15, -0.1) is 0 Å². The summed E-state index contributed by atoms with van der Waals surface area (Å²) in [6, 6.07) is 11.0. The summed E-state index contributed by atoms with van der Waals surface area (Å²) in [6.07, 6.45) is 0. The maximum absolute atomic E-state index is 12.4. The van der Waals surface area contributed by atoms with E-state index in [1.54, 1.807) is 31.4 Å². The van der Waals surface area contributed by atoms with E-state index in [1.807, 2.05) is 19.9 Å². The van der Waals surface area contributed by atoms with Crippen LogP contribution in [0.4, 0.5) is 0 Å². The zero-order valence-electron chi connectivity index (χ0n) is 14.8. The van der Waals surface area contributed by atoms with Crippen LogP contribution in [0.3, 0.4) is 0 Å². The van der Waals surface area contributed by atoms with Crippen molar-refractivity contribution in [3.05, 3.63) is 63.7 Å². The van der Waals surface area contributed by atoms with E-state index in [1.165, 1.54) is 0 Å². The molecule has 0 saturated heterocycles. The van der Waals surface area contributed by atoms with E-state index in [-0.39, 0.29) is 11.9 Å². The zero-order chi connectivity index (χ0) is 17.9. The molecule has 128 valence electrons. The molecule has 0 radical (unpaired) electrons. The first-order chi connectivity index (χ1) is 11.3. The molecule has 0 unspecified atom stereocenters. The maximum Gasteiger partial charge on any atom is 0.251 e. The Kier molecular flexibility index (Phi) is 5.89. The van der Waals surface area contributed by atoms with Crippen LogP contribution in [-0.2, 0) is 0 Å². The van der Waals surface area contributed by atoms with Crippen molar-refractivity contribution in [1.29, 1.82) is 0 Å². The minimum absolute atomic E-state index is 0.111. The molecule has 24 heavy (non-hydrogen) atoms. The molecule has 2 aromatic carbocycles. The topological polar surface area (TPSA) is 38.3 Å². The van der Waals surface area contributed by atoms with Gasteiger partial charge in [-0.2, -0.15) is 0 Å². The molecule has 4 heteroatoms. The molecule has 1 N–H and O–H groups in total. The number of benzene rings is 2. The first-order valence-corrected chi connectivity index (χ1v) is 8.46. The zero-order valence-corrected chi connectivity index (χ0v) is 15.6. The van der Waals surface area contributed by atoms with Gasteiger partial charge in [-0.05, 0) is 66.8 Å². The molecule has 1 atom stereocenters. The van der Waals surface area contributed by atoms with Crippen molar-refractivity contribution in [3.8, 4) is 5.75 Å². The van der Waals surface area contributed by atoms with Crippen LogP contribution in [-0.4, -0.2) is 13.0 Å². The van der Waals surface area contributed by atoms with Crippen LogP contribution >= 0.6 is 11.6 Å². The van der Waals surface area contributed by atoms with Gasteiger partial charge >= 0.3 is 0 Å². The summed E-state index contributed by atoms with van der Waals surface area (Å²) in [4.78, 5) is 12.4. The average Bonchev–Trinajstić information content (AvgIpc) is 2.53. The first kappa shape index (κ1) is 18.3. The first-order valence-electron chi connectivity index (χ1n) is 8.08. The van der Waals surface area contributed by atoms with Gasteiger partial charge in [-0.1, -0.05) is 31.5 Å². The maximum atomic E-state index is 12.4. The Balaban J connectivity index is 2.27. The van der Waals surface area contributed by atoms with Gasteiger partial charge in [0.05, 0.1) is 13.2 Å². The van der Waals surface area contributed by atoms with Crippen molar-refractivity contribution >= 4 is 17.5 Å². The Morgan fingerprint density at radius 2 is 1.83 bits per heavy atom. The molecule has 0 aliphatic carbocycles. The molecule has 0 saturated carbocycles. The second-order valence-corrected chi connectivity index (χ2v) is 6.75. The summed E-state index contributed by atoms with van der Waals surface area (Å²) >= 11 is 5.96. The number of halogens is 1. The standard InChI is InChI=1S/C20H24ClNO2/c1-12(2)17-11-18(13(3)9-19(17)24-5)14(4)22-20(23)15-7-6-8-16(21)10-15/h6-12,14H,1-5H3,(H,22,23)/t14-/m0/s1. The van der Waals surface area contributed by atoms with Gasteiger partial charge in [0.2, 0.25) is 0 Å². The smallest absolute Gasteiger partial charge is 0.251 e. The number of hydrogen-bond acceptors (Lipinski definition) is 2. The van der Waals surface area contributed by atoms with Crippen molar-refractivity contribution in [3.63, 3.8) is 0 Å². The molecule has 0 aromatic heterocycles. The lowest BCUT2D eigenvalue weighted by Crippen LogP contribution is -2.27. The van der Waals surface area contributed by atoms with Crippen LogP contribution in [0.25, 0.3) is 0 Å². The Morgan fingerprint density at radius 3 is 2.42 bits per heavy atom. The molecule has 0 aliphatic rings. The van der Waals surface area contributed by atoms with Crippen molar-refractivity contribution in [2.45, 2.75) is 39.7 Å². The lowest BCUT2D eigenvalue weighted by Gasteiger charge is -2.21. The number of methoxy groups -OCH3 is 1. The molecule has 2 rings (SSSR count). The molecule has 0 bridgehead atoms. The molecule has 0 heterocycles. The monoisotopic (exact) mass is 345 g/mol. The summed E-state index contributed by atoms with van der Waals surface area (Å²) in [5.41, 5.74) is 3.89. The lowest BCUT2D eigenvalue weighted by molar-refractivity contribution is 0.0940. The van der Waals surface area contributed by atoms with Gasteiger partial charge in [-0.3, -0.25) is 4.79 Å².